The van der Waals surface area contributed by atoms with Crippen LogP contribution in [-0.2, 0) is 4.79 Å². The van der Waals surface area contributed by atoms with Crippen molar-refractivity contribution in [2.45, 2.75) is 40.2 Å². The predicted octanol–water partition coefficient (Wildman–Crippen LogP) is 2.65. The Bertz CT molecular complexity index is 414. The number of nitrogen functional groups attached to an aromatic ring is 1. The molecule has 0 radical (unpaired) electrons. The highest BCUT2D eigenvalue weighted by Crippen LogP contribution is 2.18. The van der Waals surface area contributed by atoms with Gasteiger partial charge in [-0.25, -0.2) is 0 Å². The summed E-state index contributed by atoms with van der Waals surface area (Å²) in [4.78, 5) is 14.3. The summed E-state index contributed by atoms with van der Waals surface area (Å²) in [5, 5.41) is 3.00. The molecule has 0 aliphatic heterocycles. The number of hydrogen-bond acceptors (Lipinski definition) is 3. The average molecular weight is 277 g/mol. The number of nitrogens with two attached hydrogens (primary N) is 1. The van der Waals surface area contributed by atoms with Crippen molar-refractivity contribution in [2.24, 2.45) is 5.92 Å². The van der Waals surface area contributed by atoms with Gasteiger partial charge in [-0.05, 0) is 50.5 Å². The molecule has 0 saturated carbocycles. The van der Waals surface area contributed by atoms with Crippen LogP contribution in [0.5, 0.6) is 0 Å². The third kappa shape index (κ3) is 4.76. The van der Waals surface area contributed by atoms with Crippen LogP contribution in [0.25, 0.3) is 0 Å². The van der Waals surface area contributed by atoms with E-state index in [0.717, 1.165) is 30.9 Å². The minimum atomic E-state index is -0.184. The van der Waals surface area contributed by atoms with Gasteiger partial charge in [0.25, 0.3) is 0 Å². The maximum atomic E-state index is 12.2. The summed E-state index contributed by atoms with van der Waals surface area (Å²) in [7, 11) is 0. The monoisotopic (exact) mass is 277 g/mol. The Kier molecular flexibility index (Phi) is 6.36. The zero-order valence-electron chi connectivity index (χ0n) is 13.0. The number of nitrogens with zero attached hydrogens (tertiary/aromatic N) is 1. The lowest BCUT2D eigenvalue weighted by atomic mass is 10.1. The number of benzene rings is 1. The van der Waals surface area contributed by atoms with E-state index in [4.69, 9.17) is 5.73 Å². The van der Waals surface area contributed by atoms with Crippen molar-refractivity contribution < 1.29 is 4.79 Å². The van der Waals surface area contributed by atoms with Crippen molar-refractivity contribution in [3.05, 3.63) is 24.3 Å². The molecule has 3 N–H and O–H groups in total. The van der Waals surface area contributed by atoms with Gasteiger partial charge < -0.3 is 16.0 Å². The predicted molar refractivity (Wildman–Crippen MR) is 85.8 cm³/mol. The highest BCUT2D eigenvalue weighted by atomic mass is 16.2. The minimum Gasteiger partial charge on any atom is -0.399 e. The number of amides is 1. The zero-order chi connectivity index (χ0) is 15.1. The minimum absolute atomic E-state index is 0.0734. The third-order valence-electron chi connectivity index (χ3n) is 3.43. The van der Waals surface area contributed by atoms with E-state index in [-0.39, 0.29) is 11.9 Å². The summed E-state index contributed by atoms with van der Waals surface area (Å²) < 4.78 is 0. The lowest BCUT2D eigenvalue weighted by molar-refractivity contribution is -0.122. The summed E-state index contributed by atoms with van der Waals surface area (Å²) >= 11 is 0. The smallest absolute Gasteiger partial charge is 0.242 e. The van der Waals surface area contributed by atoms with Crippen LogP contribution < -0.4 is 16.0 Å². The van der Waals surface area contributed by atoms with Crippen LogP contribution in [0.3, 0.4) is 0 Å². The molecule has 0 aliphatic carbocycles. The highest BCUT2D eigenvalue weighted by Gasteiger charge is 2.20. The lowest BCUT2D eigenvalue weighted by Crippen LogP contribution is -2.45. The van der Waals surface area contributed by atoms with Crippen LogP contribution in [0.15, 0.2) is 24.3 Å². The SMILES string of the molecule is CCN(c1ccc(N)cc1)C(C)C(=O)NCCC(C)C. The molecule has 1 unspecified atom stereocenters. The molecule has 20 heavy (non-hydrogen) atoms. The molecular weight excluding hydrogens is 250 g/mol. The number of rotatable bonds is 7. The number of anilines is 2. The number of likely N-dealkylation sites (N-methyl/N-ethyl adjacent to an activating group) is 1. The van der Waals surface area contributed by atoms with Crippen LogP contribution in [0, 0.1) is 5.92 Å². The molecule has 0 heterocycles. The van der Waals surface area contributed by atoms with Gasteiger partial charge in [-0.3, -0.25) is 4.79 Å². The first-order valence-electron chi connectivity index (χ1n) is 7.35. The van der Waals surface area contributed by atoms with Crippen LogP contribution in [0.4, 0.5) is 11.4 Å². The van der Waals surface area contributed by atoms with Gasteiger partial charge in [-0.2, -0.15) is 0 Å². The molecule has 0 fully saturated rings. The Morgan fingerprint density at radius 1 is 1.25 bits per heavy atom. The molecule has 4 heteroatoms. The molecule has 0 bridgehead atoms. The zero-order valence-corrected chi connectivity index (χ0v) is 13.0. The molecule has 1 rings (SSSR count). The Hall–Kier alpha value is -1.71. The number of nitrogens with one attached hydrogen (secondary N) is 1. The fraction of sp³-hybridized carbons (Fsp3) is 0.562. The van der Waals surface area contributed by atoms with E-state index in [9.17, 15) is 4.79 Å². The first-order chi connectivity index (χ1) is 9.45. The summed E-state index contributed by atoms with van der Waals surface area (Å²) in [6.45, 7) is 9.81. The maximum absolute atomic E-state index is 12.2. The van der Waals surface area contributed by atoms with Crippen molar-refractivity contribution in [1.82, 2.24) is 5.32 Å². The average Bonchev–Trinajstić information content (AvgIpc) is 2.41. The largest absolute Gasteiger partial charge is 0.399 e. The van der Waals surface area contributed by atoms with Gasteiger partial charge in [0.05, 0.1) is 0 Å². The van der Waals surface area contributed by atoms with E-state index in [1.54, 1.807) is 0 Å². The van der Waals surface area contributed by atoms with E-state index in [2.05, 4.69) is 24.1 Å². The molecule has 1 amide bonds. The normalized spacial score (nSPS) is 12.2. The second kappa shape index (κ2) is 7.78. The first-order valence-corrected chi connectivity index (χ1v) is 7.35. The number of carbonyl (C=O) groups excluding carboxylic acids is 1. The fourth-order valence-corrected chi connectivity index (χ4v) is 2.12. The van der Waals surface area contributed by atoms with Gasteiger partial charge in [-0.1, -0.05) is 13.8 Å². The summed E-state index contributed by atoms with van der Waals surface area (Å²) in [6.07, 6.45) is 1.01. The molecule has 0 saturated heterocycles. The van der Waals surface area contributed by atoms with Gasteiger partial charge in [0, 0.05) is 24.5 Å². The second-order valence-electron chi connectivity index (χ2n) is 5.53. The molecule has 1 aromatic rings. The number of carbonyl (C=O) groups is 1. The fourth-order valence-electron chi connectivity index (χ4n) is 2.12. The van der Waals surface area contributed by atoms with Crippen LogP contribution in [0.2, 0.25) is 0 Å². The van der Waals surface area contributed by atoms with Crippen molar-refractivity contribution in [2.75, 3.05) is 23.7 Å². The van der Waals surface area contributed by atoms with E-state index >= 15 is 0 Å². The van der Waals surface area contributed by atoms with Gasteiger partial charge in [0.2, 0.25) is 5.91 Å². The van der Waals surface area contributed by atoms with Crippen molar-refractivity contribution in [3.63, 3.8) is 0 Å². The second-order valence-corrected chi connectivity index (χ2v) is 5.53. The summed E-state index contributed by atoms with van der Waals surface area (Å²) in [5.41, 5.74) is 7.46. The van der Waals surface area contributed by atoms with Crippen molar-refractivity contribution in [1.29, 1.82) is 0 Å². The Morgan fingerprint density at radius 3 is 2.35 bits per heavy atom. The molecule has 1 aromatic carbocycles. The summed E-state index contributed by atoms with van der Waals surface area (Å²) in [6, 6.07) is 7.45. The van der Waals surface area contributed by atoms with Gasteiger partial charge in [0.1, 0.15) is 6.04 Å². The molecule has 4 nitrogen and oxygen atoms in total. The Labute approximate surface area is 122 Å². The topological polar surface area (TPSA) is 58.4 Å². The highest BCUT2D eigenvalue weighted by molar-refractivity contribution is 5.84. The van der Waals surface area contributed by atoms with Crippen molar-refractivity contribution in [3.8, 4) is 0 Å². The van der Waals surface area contributed by atoms with Gasteiger partial charge >= 0.3 is 0 Å². The molecular formula is C16H27N3O. The van der Waals surface area contributed by atoms with Crippen LogP contribution >= 0.6 is 0 Å². The quantitative estimate of drug-likeness (QED) is 0.753. The Morgan fingerprint density at radius 2 is 1.85 bits per heavy atom. The summed E-state index contributed by atoms with van der Waals surface area (Å²) in [5.74, 6) is 0.675. The third-order valence-corrected chi connectivity index (χ3v) is 3.43. The van der Waals surface area contributed by atoms with E-state index in [1.165, 1.54) is 0 Å². The van der Waals surface area contributed by atoms with Crippen LogP contribution in [-0.4, -0.2) is 25.0 Å². The molecule has 1 atom stereocenters. The standard InChI is InChI=1S/C16H27N3O/c1-5-19(15-8-6-14(17)7-9-15)13(4)16(20)18-11-10-12(2)3/h6-9,12-13H,5,10-11,17H2,1-4H3,(H,18,20). The van der Waals surface area contributed by atoms with Gasteiger partial charge in [0.15, 0.2) is 0 Å². The lowest BCUT2D eigenvalue weighted by Gasteiger charge is -2.29. The van der Waals surface area contributed by atoms with E-state index in [0.29, 0.717) is 5.92 Å². The maximum Gasteiger partial charge on any atom is 0.242 e. The molecule has 0 aromatic heterocycles. The number of hydrogen-bond donors (Lipinski definition) is 2. The van der Waals surface area contributed by atoms with E-state index in [1.807, 2.05) is 38.1 Å². The molecule has 112 valence electrons. The van der Waals surface area contributed by atoms with Crippen molar-refractivity contribution >= 4 is 17.3 Å². The van der Waals surface area contributed by atoms with Crippen LogP contribution in [0.1, 0.15) is 34.1 Å². The van der Waals surface area contributed by atoms with Gasteiger partial charge in [-0.15, -0.1) is 0 Å². The van der Waals surface area contributed by atoms with E-state index < -0.39 is 0 Å². The molecule has 0 aliphatic rings. The molecule has 0 spiro atoms. The Balaban J connectivity index is 2.64. The first kappa shape index (κ1) is 16.3.